The molecular weight excluding hydrogens is 607 g/mol. The fourth-order valence-electron chi connectivity index (χ4n) is 5.46. The van der Waals surface area contributed by atoms with Gasteiger partial charge in [-0.25, -0.2) is 8.78 Å². The number of likely N-dealkylation sites (tertiary alicyclic amines) is 1. The molecule has 1 saturated heterocycles. The van der Waals surface area contributed by atoms with Gasteiger partial charge in [-0.1, -0.05) is 25.5 Å². The Kier molecular flexibility index (Phi) is 7.93. The Bertz CT molecular complexity index is 1400. The van der Waals surface area contributed by atoms with E-state index in [0.29, 0.717) is 12.1 Å². The minimum atomic E-state index is -10.1. The van der Waals surface area contributed by atoms with Crippen molar-refractivity contribution in [3.05, 3.63) is 54.4 Å². The van der Waals surface area contributed by atoms with Crippen LogP contribution in [0.2, 0.25) is 0 Å². The largest absolute Gasteiger partial charge is 0.379 e. The Morgan fingerprint density at radius 3 is 2.28 bits per heavy atom. The van der Waals surface area contributed by atoms with Crippen molar-refractivity contribution in [2.75, 3.05) is 18.6 Å². The third kappa shape index (κ3) is 6.98. The Morgan fingerprint density at radius 2 is 1.77 bits per heavy atom. The highest BCUT2D eigenvalue weighted by molar-refractivity contribution is 8.45. The number of amides is 2. The molecule has 0 bridgehead atoms. The van der Waals surface area contributed by atoms with Crippen molar-refractivity contribution in [1.82, 2.24) is 15.2 Å². The van der Waals surface area contributed by atoms with E-state index in [1.807, 2.05) is 6.19 Å². The molecule has 2 aromatic rings. The second kappa shape index (κ2) is 10.5. The number of hydrogen-bond acceptors (Lipinski definition) is 6. The Balaban J connectivity index is 1.84. The van der Waals surface area contributed by atoms with E-state index < -0.39 is 69.4 Å². The van der Waals surface area contributed by atoms with Gasteiger partial charge in [0, 0.05) is 56.1 Å². The number of nitrogens with zero attached hydrogens (tertiary/aromatic N) is 4. The molecule has 2 heterocycles. The van der Waals surface area contributed by atoms with Gasteiger partial charge in [0.2, 0.25) is 11.8 Å². The Labute approximate surface area is 243 Å². The Morgan fingerprint density at radius 1 is 1.14 bits per heavy atom. The van der Waals surface area contributed by atoms with Crippen LogP contribution < -0.4 is 10.2 Å². The lowest BCUT2D eigenvalue weighted by Crippen LogP contribution is -2.57. The summed E-state index contributed by atoms with van der Waals surface area (Å²) < 4.78 is 101. The van der Waals surface area contributed by atoms with Crippen LogP contribution in [-0.2, 0) is 14.3 Å². The number of aromatic nitrogens is 1. The zero-order valence-electron chi connectivity index (χ0n) is 23.2. The van der Waals surface area contributed by atoms with Crippen LogP contribution in [0.25, 0.3) is 0 Å². The average Bonchev–Trinajstić information content (AvgIpc) is 3.28. The number of rotatable bonds is 8. The first-order valence-corrected chi connectivity index (χ1v) is 15.2. The smallest absolute Gasteiger partial charge is 0.310 e. The van der Waals surface area contributed by atoms with E-state index in [0.717, 1.165) is 9.80 Å². The van der Waals surface area contributed by atoms with Gasteiger partial charge >= 0.3 is 10.2 Å². The van der Waals surface area contributed by atoms with E-state index in [-0.39, 0.29) is 49.2 Å². The lowest BCUT2D eigenvalue weighted by atomic mass is 9.91. The number of hydrogen-bond donors (Lipinski definition) is 1. The van der Waals surface area contributed by atoms with Gasteiger partial charge in [-0.05, 0) is 50.1 Å². The summed E-state index contributed by atoms with van der Waals surface area (Å²) in [6.07, 6.45) is 2.76. The van der Waals surface area contributed by atoms with Gasteiger partial charge in [0.05, 0.1) is 12.6 Å². The third-order valence-corrected chi connectivity index (χ3v) is 9.03. The molecule has 2 amide bonds. The molecule has 4 rings (SSSR count). The predicted molar refractivity (Wildman–Crippen MR) is 144 cm³/mol. The zero-order chi connectivity index (χ0) is 31.9. The SMILES string of the molecule is COC1CN(C#N)C(C)(C(=O)N(c2ccc(S(F)(F)(F)(F)F)cc2)C(C(=O)NC2CCC(F)(F)CC2)c2cccnc2)C1. The van der Waals surface area contributed by atoms with Crippen LogP contribution >= 0.6 is 10.2 Å². The van der Waals surface area contributed by atoms with Crippen molar-refractivity contribution in [1.29, 1.82) is 5.26 Å². The van der Waals surface area contributed by atoms with Gasteiger partial charge in [0.1, 0.15) is 16.5 Å². The van der Waals surface area contributed by atoms with Crippen molar-refractivity contribution in [3.8, 4) is 6.19 Å². The molecular formula is C27H30F7N5O3S. The highest BCUT2D eigenvalue weighted by Gasteiger charge is 2.65. The number of benzene rings is 1. The summed E-state index contributed by atoms with van der Waals surface area (Å²) in [5.41, 5.74) is -1.92. The number of pyridine rings is 1. The third-order valence-electron chi connectivity index (χ3n) is 7.87. The lowest BCUT2D eigenvalue weighted by Gasteiger charge is -2.41. The molecule has 1 aromatic carbocycles. The maximum absolute atomic E-state index is 14.4. The van der Waals surface area contributed by atoms with Gasteiger partial charge < -0.3 is 10.1 Å². The van der Waals surface area contributed by atoms with E-state index in [4.69, 9.17) is 4.74 Å². The highest BCUT2D eigenvalue weighted by atomic mass is 32.5. The van der Waals surface area contributed by atoms with E-state index in [1.165, 1.54) is 38.6 Å². The number of methoxy groups -OCH3 is 1. The van der Waals surface area contributed by atoms with Gasteiger partial charge in [0.25, 0.3) is 5.91 Å². The minimum Gasteiger partial charge on any atom is -0.379 e. The average molecular weight is 638 g/mol. The van der Waals surface area contributed by atoms with Gasteiger partial charge in [-0.2, -0.15) is 5.26 Å². The number of alkyl halides is 2. The quantitative estimate of drug-likeness (QED) is 0.263. The topological polar surface area (TPSA) is 98.6 Å². The zero-order valence-corrected chi connectivity index (χ0v) is 24.0. The number of nitriles is 1. The van der Waals surface area contributed by atoms with Gasteiger partial charge in [-0.3, -0.25) is 24.4 Å². The van der Waals surface area contributed by atoms with Crippen molar-refractivity contribution < 1.29 is 42.5 Å². The molecule has 8 nitrogen and oxygen atoms in total. The number of carbonyl (C=O) groups excluding carboxylic acids is 2. The molecule has 236 valence electrons. The molecule has 1 aliphatic carbocycles. The van der Waals surface area contributed by atoms with Crippen LogP contribution in [0.4, 0.5) is 33.9 Å². The highest BCUT2D eigenvalue weighted by Crippen LogP contribution is 3.02. The van der Waals surface area contributed by atoms with Gasteiger partial charge in [0.15, 0.2) is 6.19 Å². The van der Waals surface area contributed by atoms with Crippen molar-refractivity contribution in [3.63, 3.8) is 0 Å². The molecule has 2 aliphatic rings. The summed E-state index contributed by atoms with van der Waals surface area (Å²) in [7, 11) is -8.72. The summed E-state index contributed by atoms with van der Waals surface area (Å²) >= 11 is 0. The molecule has 16 heteroatoms. The summed E-state index contributed by atoms with van der Waals surface area (Å²) in [5, 5.41) is 12.5. The summed E-state index contributed by atoms with van der Waals surface area (Å²) in [4.78, 5) is 32.0. The maximum Gasteiger partial charge on any atom is 0.310 e. The molecule has 3 atom stereocenters. The normalized spacial score (nSPS) is 24.7. The molecule has 1 saturated carbocycles. The molecule has 2 fully saturated rings. The lowest BCUT2D eigenvalue weighted by molar-refractivity contribution is -0.131. The summed E-state index contributed by atoms with van der Waals surface area (Å²) in [6, 6.07) is 2.06. The number of nitrogens with one attached hydrogen (secondary N) is 1. The molecule has 3 unspecified atom stereocenters. The van der Waals surface area contributed by atoms with Crippen LogP contribution in [0.15, 0.2) is 53.7 Å². The fraction of sp³-hybridized carbons (Fsp3) is 0.481. The minimum absolute atomic E-state index is 0.00766. The molecule has 1 N–H and O–H groups in total. The first kappa shape index (κ1) is 32.3. The van der Waals surface area contributed by atoms with Crippen molar-refractivity contribution >= 4 is 27.7 Å². The van der Waals surface area contributed by atoms with Gasteiger partial charge in [-0.15, -0.1) is 0 Å². The maximum atomic E-state index is 14.4. The first-order valence-electron chi connectivity index (χ1n) is 13.2. The number of ether oxygens (including phenoxy) is 1. The van der Waals surface area contributed by atoms with E-state index in [9.17, 15) is 43.1 Å². The summed E-state index contributed by atoms with van der Waals surface area (Å²) in [6.45, 7) is 1.39. The summed E-state index contributed by atoms with van der Waals surface area (Å²) in [5.74, 6) is -4.67. The van der Waals surface area contributed by atoms with E-state index in [2.05, 4.69) is 10.3 Å². The van der Waals surface area contributed by atoms with Crippen molar-refractivity contribution in [2.45, 2.75) is 73.6 Å². The predicted octanol–water partition coefficient (Wildman–Crippen LogP) is 6.47. The van der Waals surface area contributed by atoms with Crippen LogP contribution in [-0.4, -0.2) is 59.0 Å². The number of anilines is 1. The fourth-order valence-corrected chi connectivity index (χ4v) is 6.11. The molecule has 1 aromatic heterocycles. The Hall–Kier alpha value is -3.58. The van der Waals surface area contributed by atoms with Crippen LogP contribution in [0.1, 0.15) is 50.6 Å². The van der Waals surface area contributed by atoms with Crippen molar-refractivity contribution in [2.24, 2.45) is 0 Å². The molecule has 0 radical (unpaired) electrons. The van der Waals surface area contributed by atoms with Crippen LogP contribution in [0.5, 0.6) is 0 Å². The second-order valence-electron chi connectivity index (χ2n) is 11.0. The number of carbonyl (C=O) groups is 2. The van der Waals surface area contributed by atoms with Crippen LogP contribution in [0.3, 0.4) is 0 Å². The molecule has 1 aliphatic heterocycles. The first-order chi connectivity index (χ1) is 19.8. The standard InChI is InChI=1S/C27H30F7N5O3S/c1-26(14-21(42-2)16-38(26)17-35)25(41)39(20-5-7-22(8-6-20)43(30,31,32,33)34)23(18-4-3-13-36-15-18)24(40)37-19-9-11-27(28,29)12-10-19/h3-8,13,15,19,21,23H,9-12,14,16H2,1-2H3,(H,37,40). The van der Waals surface area contributed by atoms with Crippen LogP contribution in [0, 0.1) is 11.5 Å². The number of halogens is 7. The second-order valence-corrected chi connectivity index (χ2v) is 13.4. The monoisotopic (exact) mass is 637 g/mol. The van der Waals surface area contributed by atoms with E-state index >= 15 is 0 Å². The molecule has 0 spiro atoms. The van der Waals surface area contributed by atoms with E-state index in [1.54, 1.807) is 0 Å². The molecule has 43 heavy (non-hydrogen) atoms.